The van der Waals surface area contributed by atoms with Crippen LogP contribution in [0.1, 0.15) is 24.3 Å². The van der Waals surface area contributed by atoms with Crippen molar-refractivity contribution in [3.8, 4) is 5.75 Å². The van der Waals surface area contributed by atoms with E-state index in [0.717, 1.165) is 0 Å². The van der Waals surface area contributed by atoms with E-state index in [1.54, 1.807) is 19.2 Å². The van der Waals surface area contributed by atoms with Crippen molar-refractivity contribution in [2.75, 3.05) is 7.11 Å². The molecule has 1 atom stereocenters. The number of rotatable bonds is 4. The fourth-order valence-corrected chi connectivity index (χ4v) is 1.63. The Morgan fingerprint density at radius 3 is 2.89 bits per heavy atom. The number of aliphatic hydroxyl groups excluding tert-OH is 1. The molecule has 2 rings (SSSR count). The van der Waals surface area contributed by atoms with E-state index in [2.05, 4.69) is 10.3 Å². The van der Waals surface area contributed by atoms with Crippen molar-refractivity contribution >= 4 is 0 Å². The number of benzene rings is 1. The highest BCUT2D eigenvalue weighted by atomic mass is 19.1. The zero-order valence-corrected chi connectivity index (χ0v) is 10.2. The Balaban J connectivity index is 2.24. The number of nitrogens with zero attached hydrogens (tertiary/aromatic N) is 3. The molecule has 0 amide bonds. The first-order chi connectivity index (χ1) is 8.60. The van der Waals surface area contributed by atoms with Crippen molar-refractivity contribution < 1.29 is 14.2 Å². The SMILES string of the molecule is COc1ccc(F)cc1Cn1cc(C(C)O)nn1. The Morgan fingerprint density at radius 1 is 1.50 bits per heavy atom. The van der Waals surface area contributed by atoms with Gasteiger partial charge in [-0.2, -0.15) is 0 Å². The van der Waals surface area contributed by atoms with Crippen molar-refractivity contribution in [2.45, 2.75) is 19.6 Å². The first kappa shape index (κ1) is 12.5. The zero-order valence-electron chi connectivity index (χ0n) is 10.2. The van der Waals surface area contributed by atoms with Gasteiger partial charge in [0, 0.05) is 5.56 Å². The Labute approximate surface area is 104 Å². The maximum atomic E-state index is 13.2. The summed E-state index contributed by atoms with van der Waals surface area (Å²) < 4.78 is 19.9. The molecule has 18 heavy (non-hydrogen) atoms. The average Bonchev–Trinajstić information content (AvgIpc) is 2.78. The summed E-state index contributed by atoms with van der Waals surface area (Å²) in [4.78, 5) is 0. The van der Waals surface area contributed by atoms with Crippen LogP contribution in [-0.2, 0) is 6.54 Å². The van der Waals surface area contributed by atoms with Crippen LogP contribution in [0, 0.1) is 5.82 Å². The van der Waals surface area contributed by atoms with Crippen LogP contribution in [-0.4, -0.2) is 27.2 Å². The van der Waals surface area contributed by atoms with Gasteiger partial charge in [0.25, 0.3) is 0 Å². The van der Waals surface area contributed by atoms with E-state index >= 15 is 0 Å². The molecular weight excluding hydrogens is 237 g/mol. The van der Waals surface area contributed by atoms with Crippen molar-refractivity contribution in [1.82, 2.24) is 15.0 Å². The number of aliphatic hydroxyl groups is 1. The second-order valence-electron chi connectivity index (χ2n) is 3.97. The Kier molecular flexibility index (Phi) is 3.57. The molecule has 0 saturated carbocycles. The van der Waals surface area contributed by atoms with Crippen LogP contribution in [0.3, 0.4) is 0 Å². The number of aromatic nitrogens is 3. The maximum absolute atomic E-state index is 13.2. The Bertz CT molecular complexity index is 540. The summed E-state index contributed by atoms with van der Waals surface area (Å²) in [7, 11) is 1.53. The number of methoxy groups -OCH3 is 1. The zero-order chi connectivity index (χ0) is 13.1. The fraction of sp³-hybridized carbons (Fsp3) is 0.333. The highest BCUT2D eigenvalue weighted by molar-refractivity contribution is 5.34. The van der Waals surface area contributed by atoms with E-state index in [1.807, 2.05) is 0 Å². The normalized spacial score (nSPS) is 12.4. The van der Waals surface area contributed by atoms with E-state index in [1.165, 1.54) is 23.9 Å². The molecule has 0 spiro atoms. The summed E-state index contributed by atoms with van der Waals surface area (Å²) >= 11 is 0. The molecule has 0 aliphatic heterocycles. The lowest BCUT2D eigenvalue weighted by Crippen LogP contribution is -2.03. The quantitative estimate of drug-likeness (QED) is 0.895. The first-order valence-electron chi connectivity index (χ1n) is 5.50. The third-order valence-electron chi connectivity index (χ3n) is 2.56. The standard InChI is InChI=1S/C12H14FN3O2/c1-8(17)11-7-16(15-14-11)6-9-5-10(13)3-4-12(9)18-2/h3-5,7-8,17H,6H2,1-2H3. The molecular formula is C12H14FN3O2. The lowest BCUT2D eigenvalue weighted by atomic mass is 10.2. The van der Waals surface area contributed by atoms with Gasteiger partial charge in [-0.05, 0) is 25.1 Å². The molecule has 1 N–H and O–H groups in total. The lowest BCUT2D eigenvalue weighted by molar-refractivity contribution is 0.194. The lowest BCUT2D eigenvalue weighted by Gasteiger charge is -2.08. The molecule has 5 nitrogen and oxygen atoms in total. The number of hydrogen-bond donors (Lipinski definition) is 1. The molecule has 0 aliphatic rings. The molecule has 0 fully saturated rings. The van der Waals surface area contributed by atoms with Gasteiger partial charge >= 0.3 is 0 Å². The molecule has 0 radical (unpaired) electrons. The van der Waals surface area contributed by atoms with Crippen molar-refractivity contribution in [1.29, 1.82) is 0 Å². The van der Waals surface area contributed by atoms with Gasteiger partial charge in [-0.15, -0.1) is 5.10 Å². The van der Waals surface area contributed by atoms with Gasteiger partial charge in [-0.1, -0.05) is 5.21 Å². The number of ether oxygens (including phenoxy) is 1. The fourth-order valence-electron chi connectivity index (χ4n) is 1.63. The molecule has 0 bridgehead atoms. The predicted octanol–water partition coefficient (Wildman–Crippen LogP) is 1.53. The van der Waals surface area contributed by atoms with Gasteiger partial charge in [-0.3, -0.25) is 0 Å². The van der Waals surface area contributed by atoms with E-state index in [9.17, 15) is 9.50 Å². The van der Waals surface area contributed by atoms with Crippen molar-refractivity contribution in [3.63, 3.8) is 0 Å². The molecule has 2 aromatic rings. The second-order valence-corrected chi connectivity index (χ2v) is 3.97. The summed E-state index contributed by atoms with van der Waals surface area (Å²) in [5.41, 5.74) is 1.14. The van der Waals surface area contributed by atoms with Gasteiger partial charge in [0.15, 0.2) is 0 Å². The first-order valence-corrected chi connectivity index (χ1v) is 5.50. The topological polar surface area (TPSA) is 60.2 Å². The Hall–Kier alpha value is -1.95. The van der Waals surface area contributed by atoms with E-state index in [0.29, 0.717) is 23.6 Å². The van der Waals surface area contributed by atoms with Crippen LogP contribution in [0.2, 0.25) is 0 Å². The van der Waals surface area contributed by atoms with Crippen LogP contribution < -0.4 is 4.74 Å². The van der Waals surface area contributed by atoms with Gasteiger partial charge < -0.3 is 9.84 Å². The van der Waals surface area contributed by atoms with Crippen molar-refractivity contribution in [3.05, 3.63) is 41.5 Å². The molecule has 1 unspecified atom stereocenters. The minimum atomic E-state index is -0.673. The van der Waals surface area contributed by atoms with E-state index in [-0.39, 0.29) is 5.82 Å². The molecule has 1 aromatic heterocycles. The van der Waals surface area contributed by atoms with Gasteiger partial charge in [0.1, 0.15) is 17.3 Å². The highest BCUT2D eigenvalue weighted by Crippen LogP contribution is 2.20. The minimum Gasteiger partial charge on any atom is -0.496 e. The molecule has 6 heteroatoms. The van der Waals surface area contributed by atoms with Crippen LogP contribution in [0.15, 0.2) is 24.4 Å². The van der Waals surface area contributed by atoms with Gasteiger partial charge in [-0.25, -0.2) is 9.07 Å². The average molecular weight is 251 g/mol. The van der Waals surface area contributed by atoms with Crippen LogP contribution in [0.4, 0.5) is 4.39 Å². The maximum Gasteiger partial charge on any atom is 0.124 e. The third-order valence-corrected chi connectivity index (χ3v) is 2.56. The third kappa shape index (κ3) is 2.65. The molecule has 1 heterocycles. The smallest absolute Gasteiger partial charge is 0.124 e. The monoisotopic (exact) mass is 251 g/mol. The number of halogens is 1. The predicted molar refractivity (Wildman–Crippen MR) is 62.7 cm³/mol. The summed E-state index contributed by atoms with van der Waals surface area (Å²) in [5.74, 6) is 0.257. The van der Waals surface area contributed by atoms with Crippen molar-refractivity contribution in [2.24, 2.45) is 0 Å². The van der Waals surface area contributed by atoms with Crippen LogP contribution >= 0.6 is 0 Å². The number of hydrogen-bond acceptors (Lipinski definition) is 4. The van der Waals surface area contributed by atoms with Crippen LogP contribution in [0.5, 0.6) is 5.75 Å². The van der Waals surface area contributed by atoms with Gasteiger partial charge in [0.05, 0.1) is 26.0 Å². The summed E-state index contributed by atoms with van der Waals surface area (Å²) in [6, 6.07) is 4.30. The van der Waals surface area contributed by atoms with E-state index < -0.39 is 6.10 Å². The molecule has 96 valence electrons. The Morgan fingerprint density at radius 2 is 2.28 bits per heavy atom. The van der Waals surface area contributed by atoms with E-state index in [4.69, 9.17) is 4.74 Å². The van der Waals surface area contributed by atoms with Gasteiger partial charge in [0.2, 0.25) is 0 Å². The largest absolute Gasteiger partial charge is 0.496 e. The second kappa shape index (κ2) is 5.14. The highest BCUT2D eigenvalue weighted by Gasteiger charge is 2.09. The molecule has 0 saturated heterocycles. The molecule has 0 aliphatic carbocycles. The summed E-state index contributed by atoms with van der Waals surface area (Å²) in [6.45, 7) is 1.94. The molecule has 1 aromatic carbocycles. The minimum absolute atomic E-state index is 0.332. The summed E-state index contributed by atoms with van der Waals surface area (Å²) in [5, 5.41) is 17.0. The van der Waals surface area contributed by atoms with Crippen LogP contribution in [0.25, 0.3) is 0 Å². The summed E-state index contributed by atoms with van der Waals surface area (Å²) in [6.07, 6.45) is 0.947.